The maximum absolute atomic E-state index is 12.6. The van der Waals surface area contributed by atoms with Gasteiger partial charge in [-0.15, -0.1) is 0 Å². The van der Waals surface area contributed by atoms with Gasteiger partial charge in [0.15, 0.2) is 11.2 Å². The quantitative estimate of drug-likeness (QED) is 0.445. The Kier molecular flexibility index (Phi) is 5.62. The van der Waals surface area contributed by atoms with Crippen LogP contribution >= 0.6 is 0 Å². The highest BCUT2D eigenvalue weighted by Gasteiger charge is 2.15. The third-order valence-corrected chi connectivity index (χ3v) is 4.36. The SMILES string of the molecule is CCOc1ccc(C(=O)OCCCn2c(=O)c3c(ncn3C)n(C)c2=O)cc1. The first-order chi connectivity index (χ1) is 13.4. The molecule has 9 heteroatoms. The van der Waals surface area contributed by atoms with E-state index in [9.17, 15) is 14.4 Å². The predicted molar refractivity (Wildman–Crippen MR) is 103 cm³/mol. The molecule has 0 unspecified atom stereocenters. The number of benzene rings is 1. The number of carbonyl (C=O) groups excluding carboxylic acids is 1. The molecule has 0 saturated carbocycles. The van der Waals surface area contributed by atoms with E-state index in [2.05, 4.69) is 4.98 Å². The molecular formula is C19H22N4O5. The number of carbonyl (C=O) groups is 1. The third kappa shape index (κ3) is 3.68. The van der Waals surface area contributed by atoms with E-state index in [1.54, 1.807) is 42.9 Å². The maximum atomic E-state index is 12.6. The topological polar surface area (TPSA) is 97.3 Å². The Labute approximate surface area is 160 Å². The van der Waals surface area contributed by atoms with Gasteiger partial charge in [-0.25, -0.2) is 14.6 Å². The molecule has 0 spiro atoms. The maximum Gasteiger partial charge on any atom is 0.338 e. The van der Waals surface area contributed by atoms with Crippen molar-refractivity contribution in [3.63, 3.8) is 0 Å². The second-order valence-corrected chi connectivity index (χ2v) is 6.27. The lowest BCUT2D eigenvalue weighted by molar-refractivity contribution is 0.0495. The van der Waals surface area contributed by atoms with Gasteiger partial charge in [0.25, 0.3) is 5.56 Å². The molecule has 2 heterocycles. The molecule has 0 bridgehead atoms. The van der Waals surface area contributed by atoms with Gasteiger partial charge in [-0.1, -0.05) is 0 Å². The molecule has 9 nitrogen and oxygen atoms in total. The van der Waals surface area contributed by atoms with Crippen molar-refractivity contribution in [1.82, 2.24) is 18.7 Å². The minimum atomic E-state index is -0.467. The fraction of sp³-hybridized carbons (Fsp3) is 0.368. The lowest BCUT2D eigenvalue weighted by Gasteiger charge is -2.09. The Hall–Kier alpha value is -3.36. The van der Waals surface area contributed by atoms with Crippen LogP contribution in [0.4, 0.5) is 0 Å². The van der Waals surface area contributed by atoms with E-state index in [0.29, 0.717) is 35.5 Å². The van der Waals surface area contributed by atoms with E-state index in [4.69, 9.17) is 9.47 Å². The van der Waals surface area contributed by atoms with E-state index >= 15 is 0 Å². The molecule has 0 N–H and O–H groups in total. The second-order valence-electron chi connectivity index (χ2n) is 6.27. The van der Waals surface area contributed by atoms with E-state index in [1.165, 1.54) is 10.9 Å². The number of fused-ring (bicyclic) bond motifs is 1. The molecule has 148 valence electrons. The van der Waals surface area contributed by atoms with Crippen molar-refractivity contribution >= 4 is 17.1 Å². The van der Waals surface area contributed by atoms with Crippen LogP contribution in [-0.2, 0) is 25.4 Å². The van der Waals surface area contributed by atoms with Crippen LogP contribution in [0.1, 0.15) is 23.7 Å². The van der Waals surface area contributed by atoms with Gasteiger partial charge in [-0.3, -0.25) is 13.9 Å². The van der Waals surface area contributed by atoms with Crippen LogP contribution < -0.4 is 16.0 Å². The van der Waals surface area contributed by atoms with Gasteiger partial charge in [-0.2, -0.15) is 0 Å². The van der Waals surface area contributed by atoms with Crippen LogP contribution in [0.15, 0.2) is 40.2 Å². The predicted octanol–water partition coefficient (Wildman–Crippen LogP) is 1.08. The number of hydrogen-bond donors (Lipinski definition) is 0. The fourth-order valence-electron chi connectivity index (χ4n) is 2.92. The summed E-state index contributed by atoms with van der Waals surface area (Å²) in [5, 5.41) is 0. The summed E-state index contributed by atoms with van der Waals surface area (Å²) in [6.45, 7) is 2.66. The number of rotatable bonds is 7. The normalized spacial score (nSPS) is 11.0. The highest BCUT2D eigenvalue weighted by Crippen LogP contribution is 2.13. The number of aromatic nitrogens is 4. The molecule has 0 aliphatic carbocycles. The van der Waals surface area contributed by atoms with Crippen LogP contribution in [0, 0.1) is 0 Å². The molecule has 3 aromatic rings. The van der Waals surface area contributed by atoms with Crippen LogP contribution in [-0.4, -0.2) is 37.9 Å². The molecule has 1 aromatic carbocycles. The molecular weight excluding hydrogens is 364 g/mol. The number of nitrogens with zero attached hydrogens (tertiary/aromatic N) is 4. The molecule has 28 heavy (non-hydrogen) atoms. The molecule has 0 aliphatic rings. The second kappa shape index (κ2) is 8.12. The minimum Gasteiger partial charge on any atom is -0.494 e. The number of hydrogen-bond acceptors (Lipinski definition) is 6. The Morgan fingerprint density at radius 1 is 1.14 bits per heavy atom. The molecule has 0 saturated heterocycles. The van der Waals surface area contributed by atoms with E-state index in [0.717, 1.165) is 4.57 Å². The van der Waals surface area contributed by atoms with Crippen LogP contribution in [0.25, 0.3) is 11.2 Å². The van der Waals surface area contributed by atoms with E-state index in [-0.39, 0.29) is 13.2 Å². The zero-order valence-electron chi connectivity index (χ0n) is 16.0. The van der Waals surface area contributed by atoms with E-state index < -0.39 is 17.2 Å². The lowest BCUT2D eigenvalue weighted by Crippen LogP contribution is -2.39. The van der Waals surface area contributed by atoms with E-state index in [1.807, 2.05) is 6.92 Å². The molecule has 0 amide bonds. The van der Waals surface area contributed by atoms with Gasteiger partial charge >= 0.3 is 11.7 Å². The summed E-state index contributed by atoms with van der Waals surface area (Å²) in [5.74, 6) is 0.213. The first-order valence-electron chi connectivity index (χ1n) is 8.95. The molecule has 0 atom stereocenters. The van der Waals surface area contributed by atoms with Crippen molar-refractivity contribution in [3.05, 3.63) is 57.0 Å². The summed E-state index contributed by atoms with van der Waals surface area (Å²) in [7, 11) is 3.27. The highest BCUT2D eigenvalue weighted by atomic mass is 16.5. The van der Waals surface area contributed by atoms with Gasteiger partial charge in [0.1, 0.15) is 5.75 Å². The molecule has 3 rings (SSSR count). The van der Waals surface area contributed by atoms with Gasteiger partial charge in [0.05, 0.1) is 25.1 Å². The Morgan fingerprint density at radius 2 is 1.86 bits per heavy atom. The first-order valence-corrected chi connectivity index (χ1v) is 8.95. The van der Waals surface area contributed by atoms with Crippen molar-refractivity contribution in [2.45, 2.75) is 19.9 Å². The summed E-state index contributed by atoms with van der Waals surface area (Å²) in [6, 6.07) is 6.66. The van der Waals surface area contributed by atoms with Crippen molar-refractivity contribution in [2.75, 3.05) is 13.2 Å². The number of imidazole rings is 1. The molecule has 0 aliphatic heterocycles. The largest absolute Gasteiger partial charge is 0.494 e. The zero-order valence-corrected chi connectivity index (χ0v) is 16.0. The van der Waals surface area contributed by atoms with Crippen molar-refractivity contribution in [2.24, 2.45) is 14.1 Å². The summed E-state index contributed by atoms with van der Waals surface area (Å²) >= 11 is 0. The molecule has 0 radical (unpaired) electrons. The van der Waals surface area contributed by atoms with Crippen molar-refractivity contribution in [1.29, 1.82) is 0 Å². The zero-order chi connectivity index (χ0) is 20.3. The highest BCUT2D eigenvalue weighted by molar-refractivity contribution is 5.89. The fourth-order valence-corrected chi connectivity index (χ4v) is 2.92. The first kappa shape index (κ1) is 19.4. The smallest absolute Gasteiger partial charge is 0.338 e. The average Bonchev–Trinajstić information content (AvgIpc) is 3.08. The lowest BCUT2D eigenvalue weighted by atomic mass is 10.2. The minimum absolute atomic E-state index is 0.0884. The summed E-state index contributed by atoms with van der Waals surface area (Å²) < 4.78 is 14.6. The van der Waals surface area contributed by atoms with Gasteiger partial charge in [0.2, 0.25) is 0 Å². The third-order valence-electron chi connectivity index (χ3n) is 4.36. The standard InChI is InChI=1S/C19H22N4O5/c1-4-27-14-8-6-13(7-9-14)18(25)28-11-5-10-23-17(24)15-16(20-12-21(15)2)22(3)19(23)26/h6-9,12H,4-5,10-11H2,1-3H3. The number of ether oxygens (including phenoxy) is 2. The summed E-state index contributed by atoms with van der Waals surface area (Å²) in [4.78, 5) is 41.2. The van der Waals surface area contributed by atoms with Crippen LogP contribution in [0.5, 0.6) is 5.75 Å². The van der Waals surface area contributed by atoms with Gasteiger partial charge < -0.3 is 14.0 Å². The van der Waals surface area contributed by atoms with Gasteiger partial charge in [-0.05, 0) is 37.6 Å². The summed E-state index contributed by atoms with van der Waals surface area (Å²) in [6.07, 6.45) is 1.83. The monoisotopic (exact) mass is 386 g/mol. The van der Waals surface area contributed by atoms with Crippen molar-refractivity contribution < 1.29 is 14.3 Å². The van der Waals surface area contributed by atoms with Crippen molar-refractivity contribution in [3.8, 4) is 5.75 Å². The Bertz CT molecular complexity index is 1110. The Balaban J connectivity index is 1.64. The molecule has 2 aromatic heterocycles. The molecule has 0 fully saturated rings. The average molecular weight is 386 g/mol. The number of aryl methyl sites for hydroxylation is 2. The van der Waals surface area contributed by atoms with Gasteiger partial charge in [0, 0.05) is 20.6 Å². The Morgan fingerprint density at radius 3 is 2.54 bits per heavy atom. The van der Waals surface area contributed by atoms with Crippen LogP contribution in [0.3, 0.4) is 0 Å². The summed E-state index contributed by atoms with van der Waals surface area (Å²) in [5.41, 5.74) is 0.252. The van der Waals surface area contributed by atoms with Crippen LogP contribution in [0.2, 0.25) is 0 Å². The number of esters is 1.